The second-order valence-electron chi connectivity index (χ2n) is 10.1. The van der Waals surface area contributed by atoms with Gasteiger partial charge in [-0.05, 0) is 67.9 Å². The largest absolute Gasteiger partial charge is 0.416 e. The molecule has 38 heavy (non-hydrogen) atoms. The Morgan fingerprint density at radius 3 is 2.58 bits per heavy atom. The van der Waals surface area contributed by atoms with Gasteiger partial charge in [-0.3, -0.25) is 19.5 Å². The van der Waals surface area contributed by atoms with E-state index in [2.05, 4.69) is 26.6 Å². The van der Waals surface area contributed by atoms with Crippen LogP contribution in [0.15, 0.2) is 48.8 Å². The van der Waals surface area contributed by atoms with Crippen molar-refractivity contribution in [2.24, 2.45) is 0 Å². The van der Waals surface area contributed by atoms with Crippen molar-refractivity contribution in [3.63, 3.8) is 0 Å². The number of pyridine rings is 1. The molecule has 2 N–H and O–H groups in total. The maximum absolute atomic E-state index is 12.9. The number of carbonyl (C=O) groups is 2. The summed E-state index contributed by atoms with van der Waals surface area (Å²) in [5.41, 5.74) is 0.227. The Hall–Kier alpha value is -2.98. The number of likely N-dealkylation sites (tertiary alicyclic amines) is 1. The van der Waals surface area contributed by atoms with Gasteiger partial charge in [0, 0.05) is 43.7 Å². The average molecular weight is 533 g/mol. The molecule has 7 nitrogen and oxygen atoms in total. The first-order chi connectivity index (χ1) is 18.2. The maximum Gasteiger partial charge on any atom is 0.416 e. The summed E-state index contributed by atoms with van der Waals surface area (Å²) >= 11 is 0. The van der Waals surface area contributed by atoms with E-state index in [1.807, 2.05) is 19.2 Å². The van der Waals surface area contributed by atoms with Gasteiger partial charge in [0.05, 0.1) is 24.3 Å². The van der Waals surface area contributed by atoms with Crippen molar-refractivity contribution >= 4 is 11.8 Å². The molecule has 1 aliphatic carbocycles. The fourth-order valence-electron chi connectivity index (χ4n) is 5.43. The Kier molecular flexibility index (Phi) is 9.38. The molecule has 0 radical (unpaired) electrons. The summed E-state index contributed by atoms with van der Waals surface area (Å²) < 4.78 is 44.9. The maximum atomic E-state index is 12.9. The monoisotopic (exact) mass is 532 g/mol. The zero-order valence-corrected chi connectivity index (χ0v) is 21.5. The minimum absolute atomic E-state index is 0.147. The van der Waals surface area contributed by atoms with Gasteiger partial charge in [-0.2, -0.15) is 13.2 Å². The van der Waals surface area contributed by atoms with Crippen molar-refractivity contribution in [1.82, 2.24) is 20.5 Å². The molecule has 2 amide bonds. The van der Waals surface area contributed by atoms with Crippen LogP contribution in [0.5, 0.6) is 0 Å². The van der Waals surface area contributed by atoms with Crippen LogP contribution >= 0.6 is 0 Å². The SMILES string of the molecule is CCCO[C@H]1CN(C2CCC(c3cccnc3)CC2)C[C@@H]1NC(=O)CNC(=O)c1cccc(C(F)(F)F)c1. The van der Waals surface area contributed by atoms with Crippen molar-refractivity contribution in [2.75, 3.05) is 26.2 Å². The van der Waals surface area contributed by atoms with E-state index in [4.69, 9.17) is 4.74 Å². The summed E-state index contributed by atoms with van der Waals surface area (Å²) in [6.07, 6.45) is 4.20. The van der Waals surface area contributed by atoms with Crippen LogP contribution in [0, 0.1) is 0 Å². The van der Waals surface area contributed by atoms with Crippen LogP contribution in [-0.4, -0.2) is 66.1 Å². The first kappa shape index (κ1) is 28.0. The second kappa shape index (κ2) is 12.7. The topological polar surface area (TPSA) is 83.6 Å². The molecule has 206 valence electrons. The molecule has 2 aromatic rings. The number of nitrogens with one attached hydrogen (secondary N) is 2. The first-order valence-electron chi connectivity index (χ1n) is 13.2. The molecule has 2 fully saturated rings. The molecule has 2 aliphatic rings. The molecule has 1 aliphatic heterocycles. The lowest BCUT2D eigenvalue weighted by Gasteiger charge is -2.34. The molecule has 0 unspecified atom stereocenters. The van der Waals surface area contributed by atoms with Gasteiger partial charge in [0.25, 0.3) is 5.91 Å². The van der Waals surface area contributed by atoms with Crippen LogP contribution < -0.4 is 10.6 Å². The molecular formula is C28H35F3N4O3. The van der Waals surface area contributed by atoms with Crippen LogP contribution in [0.3, 0.4) is 0 Å². The van der Waals surface area contributed by atoms with E-state index >= 15 is 0 Å². The standard InChI is InChI=1S/C28H35F3N4O3/c1-2-13-38-25-18-35(23-10-8-19(9-11-23)21-6-4-12-32-15-21)17-24(25)34-26(36)16-33-27(37)20-5-3-7-22(14-20)28(29,30)31/h3-7,12,14-15,19,23-25H,2,8-11,13,16-18H2,1H3,(H,33,37)(H,34,36)/t19?,23?,24-,25-/m0/s1. The van der Waals surface area contributed by atoms with E-state index in [1.54, 1.807) is 6.20 Å². The minimum atomic E-state index is -4.55. The molecule has 1 aromatic carbocycles. The smallest absolute Gasteiger partial charge is 0.375 e. The van der Waals surface area contributed by atoms with Gasteiger partial charge in [-0.1, -0.05) is 19.1 Å². The van der Waals surface area contributed by atoms with Crippen LogP contribution in [0.1, 0.15) is 66.4 Å². The number of alkyl halides is 3. The Labute approximate surface area is 221 Å². The van der Waals surface area contributed by atoms with Gasteiger partial charge in [0.1, 0.15) is 0 Å². The highest BCUT2D eigenvalue weighted by molar-refractivity contribution is 5.96. The summed E-state index contributed by atoms with van der Waals surface area (Å²) in [7, 11) is 0. The third kappa shape index (κ3) is 7.32. The fourth-order valence-corrected chi connectivity index (χ4v) is 5.43. The molecule has 1 saturated heterocycles. The quantitative estimate of drug-likeness (QED) is 0.507. The van der Waals surface area contributed by atoms with Crippen molar-refractivity contribution in [3.05, 3.63) is 65.5 Å². The molecular weight excluding hydrogens is 497 g/mol. The van der Waals surface area contributed by atoms with E-state index in [0.29, 0.717) is 25.1 Å². The lowest BCUT2D eigenvalue weighted by atomic mass is 9.82. The van der Waals surface area contributed by atoms with E-state index in [9.17, 15) is 22.8 Å². The predicted octanol–water partition coefficient (Wildman–Crippen LogP) is 4.15. The van der Waals surface area contributed by atoms with Crippen LogP contribution in [0.2, 0.25) is 0 Å². The molecule has 2 atom stereocenters. The van der Waals surface area contributed by atoms with Gasteiger partial charge < -0.3 is 15.4 Å². The van der Waals surface area contributed by atoms with E-state index in [-0.39, 0.29) is 24.3 Å². The number of aromatic nitrogens is 1. The molecule has 0 spiro atoms. The third-order valence-corrected chi connectivity index (χ3v) is 7.41. The third-order valence-electron chi connectivity index (χ3n) is 7.41. The molecule has 1 saturated carbocycles. The van der Waals surface area contributed by atoms with Gasteiger partial charge in [-0.15, -0.1) is 0 Å². The lowest BCUT2D eigenvalue weighted by Crippen LogP contribution is -2.48. The van der Waals surface area contributed by atoms with Crippen molar-refractivity contribution in [3.8, 4) is 0 Å². The summed E-state index contributed by atoms with van der Waals surface area (Å²) in [5, 5.41) is 5.40. The van der Waals surface area contributed by atoms with E-state index in [1.165, 1.54) is 17.7 Å². The summed E-state index contributed by atoms with van der Waals surface area (Å²) in [4.78, 5) is 31.7. The molecule has 10 heteroatoms. The highest BCUT2D eigenvalue weighted by Crippen LogP contribution is 2.35. The zero-order valence-electron chi connectivity index (χ0n) is 21.5. The minimum Gasteiger partial charge on any atom is -0.375 e. The highest BCUT2D eigenvalue weighted by Gasteiger charge is 2.39. The van der Waals surface area contributed by atoms with Gasteiger partial charge in [-0.25, -0.2) is 0 Å². The molecule has 1 aromatic heterocycles. The van der Waals surface area contributed by atoms with Crippen molar-refractivity contribution in [2.45, 2.75) is 69.3 Å². The number of hydrogen-bond donors (Lipinski definition) is 2. The van der Waals surface area contributed by atoms with Gasteiger partial charge >= 0.3 is 6.18 Å². The van der Waals surface area contributed by atoms with Gasteiger partial charge in [0.2, 0.25) is 5.91 Å². The zero-order chi connectivity index (χ0) is 27.1. The highest BCUT2D eigenvalue weighted by atomic mass is 19.4. The summed E-state index contributed by atoms with van der Waals surface area (Å²) in [6, 6.07) is 8.44. The number of halogens is 3. The molecule has 0 bridgehead atoms. The van der Waals surface area contributed by atoms with Crippen molar-refractivity contribution in [1.29, 1.82) is 0 Å². The summed E-state index contributed by atoms with van der Waals surface area (Å²) in [6.45, 7) is 3.67. The van der Waals surface area contributed by atoms with E-state index in [0.717, 1.165) is 50.8 Å². The van der Waals surface area contributed by atoms with Crippen LogP contribution in [0.4, 0.5) is 13.2 Å². The Balaban J connectivity index is 1.29. The van der Waals surface area contributed by atoms with E-state index < -0.39 is 23.6 Å². The number of benzene rings is 1. The Bertz CT molecular complexity index is 1070. The fraction of sp³-hybridized carbons (Fsp3) is 0.536. The van der Waals surface area contributed by atoms with Crippen LogP contribution in [0.25, 0.3) is 0 Å². The molecule has 4 rings (SSSR count). The number of amides is 2. The number of rotatable bonds is 9. The predicted molar refractivity (Wildman–Crippen MR) is 137 cm³/mol. The number of hydrogen-bond acceptors (Lipinski definition) is 5. The van der Waals surface area contributed by atoms with Crippen molar-refractivity contribution < 1.29 is 27.5 Å². The number of carbonyl (C=O) groups excluding carboxylic acids is 2. The Morgan fingerprint density at radius 1 is 1.11 bits per heavy atom. The Morgan fingerprint density at radius 2 is 1.89 bits per heavy atom. The second-order valence-corrected chi connectivity index (χ2v) is 10.1. The number of ether oxygens (including phenoxy) is 1. The first-order valence-corrected chi connectivity index (χ1v) is 13.2. The van der Waals surface area contributed by atoms with Gasteiger partial charge in [0.15, 0.2) is 0 Å². The summed E-state index contributed by atoms with van der Waals surface area (Å²) in [5.74, 6) is -0.614. The lowest BCUT2D eigenvalue weighted by molar-refractivity contribution is -0.137. The normalized spacial score (nSPS) is 24.2. The number of nitrogens with zero attached hydrogens (tertiary/aromatic N) is 2. The van der Waals surface area contributed by atoms with Crippen LogP contribution in [-0.2, 0) is 15.7 Å². The molecule has 2 heterocycles. The average Bonchev–Trinajstić information content (AvgIpc) is 3.33.